The number of aliphatic hydroxyl groups excluding tert-OH is 1. The Kier molecular flexibility index (Phi) is 5.21. The summed E-state index contributed by atoms with van der Waals surface area (Å²) >= 11 is 0. The molecule has 2 N–H and O–H groups in total. The van der Waals surface area contributed by atoms with E-state index in [1.165, 1.54) is 0 Å². The number of aryl methyl sites for hydroxylation is 1. The molecule has 144 valence electrons. The van der Waals surface area contributed by atoms with Gasteiger partial charge in [0.1, 0.15) is 5.82 Å². The molecule has 0 saturated carbocycles. The average molecular weight is 376 g/mol. The fourth-order valence-electron chi connectivity index (χ4n) is 3.83. The summed E-state index contributed by atoms with van der Waals surface area (Å²) in [5, 5.41) is 16.7. The van der Waals surface area contributed by atoms with Crippen molar-refractivity contribution in [1.29, 1.82) is 0 Å². The number of piperidine rings is 1. The fourth-order valence-corrected chi connectivity index (χ4v) is 3.83. The van der Waals surface area contributed by atoms with Crippen LogP contribution in [0.15, 0.2) is 48.5 Å². The number of H-pyrrole nitrogens is 1. The van der Waals surface area contributed by atoms with Crippen LogP contribution in [0.2, 0.25) is 0 Å². The second kappa shape index (κ2) is 7.94. The van der Waals surface area contributed by atoms with Crippen LogP contribution >= 0.6 is 0 Å². The maximum atomic E-state index is 13.0. The maximum Gasteiger partial charge on any atom is 0.253 e. The Bertz CT molecular complexity index is 965. The second-order valence-corrected chi connectivity index (χ2v) is 7.26. The number of aliphatic hydroxyl groups is 1. The molecule has 6 nitrogen and oxygen atoms in total. The highest BCUT2D eigenvalue weighted by atomic mass is 16.3. The summed E-state index contributed by atoms with van der Waals surface area (Å²) in [5.41, 5.74) is 3.54. The number of hydrogen-bond acceptors (Lipinski definition) is 4. The van der Waals surface area contributed by atoms with E-state index < -0.39 is 0 Å². The number of aromatic nitrogens is 3. The first-order valence-electron chi connectivity index (χ1n) is 9.63. The molecule has 1 amide bonds. The monoisotopic (exact) mass is 376 g/mol. The van der Waals surface area contributed by atoms with Crippen molar-refractivity contribution >= 4 is 5.91 Å². The van der Waals surface area contributed by atoms with Crippen molar-refractivity contribution in [1.82, 2.24) is 20.1 Å². The van der Waals surface area contributed by atoms with Gasteiger partial charge in [-0.1, -0.05) is 36.4 Å². The number of rotatable bonds is 4. The summed E-state index contributed by atoms with van der Waals surface area (Å²) in [6.07, 6.45) is 1.95. The molecule has 0 spiro atoms. The minimum Gasteiger partial charge on any atom is -0.392 e. The molecular weight excluding hydrogens is 352 g/mol. The van der Waals surface area contributed by atoms with Gasteiger partial charge in [0.2, 0.25) is 0 Å². The van der Waals surface area contributed by atoms with E-state index >= 15 is 0 Å². The summed E-state index contributed by atoms with van der Waals surface area (Å²) in [4.78, 5) is 19.3. The number of benzene rings is 2. The highest BCUT2D eigenvalue weighted by Crippen LogP contribution is 2.27. The van der Waals surface area contributed by atoms with Gasteiger partial charge in [-0.15, -0.1) is 0 Å². The largest absolute Gasteiger partial charge is 0.392 e. The van der Waals surface area contributed by atoms with E-state index in [0.29, 0.717) is 12.1 Å². The van der Waals surface area contributed by atoms with Crippen molar-refractivity contribution in [2.75, 3.05) is 13.1 Å². The minimum absolute atomic E-state index is 0.00722. The highest BCUT2D eigenvalue weighted by Gasteiger charge is 2.27. The van der Waals surface area contributed by atoms with Gasteiger partial charge in [0.05, 0.1) is 6.61 Å². The number of hydrogen-bond donors (Lipinski definition) is 2. The molecule has 0 aliphatic carbocycles. The van der Waals surface area contributed by atoms with E-state index in [0.717, 1.165) is 47.7 Å². The van der Waals surface area contributed by atoms with Gasteiger partial charge in [-0.05, 0) is 48.6 Å². The number of aromatic amines is 1. The Morgan fingerprint density at radius 2 is 2.00 bits per heavy atom. The molecule has 2 heterocycles. The molecular formula is C22H24N4O2. The topological polar surface area (TPSA) is 82.1 Å². The number of likely N-dealkylation sites (tertiary alicyclic amines) is 1. The number of carbonyl (C=O) groups excluding carboxylic acids is 1. The van der Waals surface area contributed by atoms with Gasteiger partial charge in [0, 0.05) is 24.6 Å². The van der Waals surface area contributed by atoms with Gasteiger partial charge < -0.3 is 10.0 Å². The van der Waals surface area contributed by atoms with Crippen LogP contribution in [0.25, 0.3) is 11.1 Å². The molecule has 3 aromatic rings. The van der Waals surface area contributed by atoms with Crippen molar-refractivity contribution < 1.29 is 9.90 Å². The van der Waals surface area contributed by atoms with E-state index in [2.05, 4.69) is 15.2 Å². The first-order valence-corrected chi connectivity index (χ1v) is 9.63. The molecule has 6 heteroatoms. The number of nitrogens with one attached hydrogen (secondary N) is 1. The lowest BCUT2D eigenvalue weighted by atomic mass is 9.96. The normalized spacial score (nSPS) is 16.9. The van der Waals surface area contributed by atoms with Gasteiger partial charge in [-0.3, -0.25) is 9.89 Å². The summed E-state index contributed by atoms with van der Waals surface area (Å²) in [7, 11) is 0. The molecule has 28 heavy (non-hydrogen) atoms. The van der Waals surface area contributed by atoms with Gasteiger partial charge >= 0.3 is 0 Å². The minimum atomic E-state index is -0.00722. The van der Waals surface area contributed by atoms with Crippen LogP contribution in [-0.2, 0) is 6.61 Å². The van der Waals surface area contributed by atoms with Crippen molar-refractivity contribution in [3.8, 4) is 11.1 Å². The third-order valence-corrected chi connectivity index (χ3v) is 5.32. The Balaban J connectivity index is 1.50. The predicted octanol–water partition coefficient (Wildman–Crippen LogP) is 3.29. The first-order chi connectivity index (χ1) is 13.7. The number of nitrogens with zero attached hydrogens (tertiary/aromatic N) is 3. The van der Waals surface area contributed by atoms with Gasteiger partial charge in [0.25, 0.3) is 5.91 Å². The van der Waals surface area contributed by atoms with E-state index in [1.54, 1.807) is 0 Å². The van der Waals surface area contributed by atoms with Crippen LogP contribution in [0.5, 0.6) is 0 Å². The summed E-state index contributed by atoms with van der Waals surface area (Å²) < 4.78 is 0. The van der Waals surface area contributed by atoms with Crippen LogP contribution < -0.4 is 0 Å². The molecule has 4 rings (SSSR count). The maximum absolute atomic E-state index is 13.0. The Morgan fingerprint density at radius 3 is 2.71 bits per heavy atom. The number of amides is 1. The Labute approximate surface area is 164 Å². The lowest BCUT2D eigenvalue weighted by Crippen LogP contribution is -2.39. The Morgan fingerprint density at radius 1 is 1.21 bits per heavy atom. The van der Waals surface area contributed by atoms with Crippen molar-refractivity contribution in [3.63, 3.8) is 0 Å². The molecule has 1 saturated heterocycles. The molecule has 0 radical (unpaired) electrons. The third kappa shape index (κ3) is 3.68. The molecule has 1 aliphatic heterocycles. The van der Waals surface area contributed by atoms with Crippen LogP contribution in [-0.4, -0.2) is 44.2 Å². The molecule has 1 aliphatic rings. The summed E-state index contributed by atoms with van der Waals surface area (Å²) in [5.74, 6) is 1.82. The predicted molar refractivity (Wildman–Crippen MR) is 107 cm³/mol. The summed E-state index contributed by atoms with van der Waals surface area (Å²) in [6.45, 7) is 3.28. The van der Waals surface area contributed by atoms with Gasteiger partial charge in [-0.25, -0.2) is 4.98 Å². The van der Waals surface area contributed by atoms with E-state index in [4.69, 9.17) is 0 Å². The molecule has 2 aromatic carbocycles. The standard InChI is InChI=1S/C22H24N4O2/c1-15-23-21(25-24-15)18-6-4-12-26(13-18)22(28)17-10-8-16(9-11-17)20-7-3-2-5-19(20)14-27/h2-3,5,7-11,18,27H,4,6,12-14H2,1H3,(H,23,24,25). The van der Waals surface area contributed by atoms with Crippen molar-refractivity contribution in [3.05, 3.63) is 71.3 Å². The fraction of sp³-hybridized carbons (Fsp3) is 0.318. The molecule has 1 fully saturated rings. The van der Waals surface area contributed by atoms with E-state index in [1.807, 2.05) is 60.4 Å². The zero-order valence-corrected chi connectivity index (χ0v) is 15.9. The zero-order valence-electron chi connectivity index (χ0n) is 15.9. The van der Waals surface area contributed by atoms with E-state index in [9.17, 15) is 9.90 Å². The second-order valence-electron chi connectivity index (χ2n) is 7.26. The zero-order chi connectivity index (χ0) is 19.5. The molecule has 1 atom stereocenters. The van der Waals surface area contributed by atoms with Crippen molar-refractivity contribution in [2.24, 2.45) is 0 Å². The van der Waals surface area contributed by atoms with Gasteiger partial charge in [0.15, 0.2) is 5.82 Å². The molecule has 1 unspecified atom stereocenters. The molecule has 1 aromatic heterocycles. The third-order valence-electron chi connectivity index (χ3n) is 5.32. The smallest absolute Gasteiger partial charge is 0.253 e. The van der Waals surface area contributed by atoms with E-state index in [-0.39, 0.29) is 18.4 Å². The van der Waals surface area contributed by atoms with Crippen LogP contribution in [0.3, 0.4) is 0 Å². The first kappa shape index (κ1) is 18.4. The Hall–Kier alpha value is -2.99. The van der Waals surface area contributed by atoms with Crippen LogP contribution in [0.4, 0.5) is 0 Å². The lowest BCUT2D eigenvalue weighted by molar-refractivity contribution is 0.0704. The van der Waals surface area contributed by atoms with Crippen molar-refractivity contribution in [2.45, 2.75) is 32.3 Å². The molecule has 0 bridgehead atoms. The number of carbonyl (C=O) groups is 1. The van der Waals surface area contributed by atoms with Crippen LogP contribution in [0.1, 0.15) is 46.3 Å². The highest BCUT2D eigenvalue weighted by molar-refractivity contribution is 5.94. The average Bonchev–Trinajstić information content (AvgIpc) is 3.20. The van der Waals surface area contributed by atoms with Crippen LogP contribution in [0, 0.1) is 6.92 Å². The van der Waals surface area contributed by atoms with Gasteiger partial charge in [-0.2, -0.15) is 5.10 Å². The SMILES string of the molecule is Cc1nc(C2CCCN(C(=O)c3ccc(-c4ccccc4CO)cc3)C2)n[nH]1. The quantitative estimate of drug-likeness (QED) is 0.732. The lowest BCUT2D eigenvalue weighted by Gasteiger charge is -2.31. The summed E-state index contributed by atoms with van der Waals surface area (Å²) in [6, 6.07) is 15.4.